The molecule has 11 heteroatoms. The number of hydrogen-bond acceptors (Lipinski definition) is 9. The summed E-state index contributed by atoms with van der Waals surface area (Å²) in [6, 6.07) is 1.61. The zero-order valence-corrected chi connectivity index (χ0v) is 16.3. The molecular formula is C15H20ClN7O2S. The van der Waals surface area contributed by atoms with Crippen LogP contribution in [0.25, 0.3) is 0 Å². The number of hydrogen-bond donors (Lipinski definition) is 1. The van der Waals surface area contributed by atoms with E-state index in [-0.39, 0.29) is 6.09 Å². The monoisotopic (exact) mass is 397 g/mol. The number of aromatic nitrogens is 4. The Kier molecular flexibility index (Phi) is 5.42. The zero-order chi connectivity index (χ0) is 18.7. The van der Waals surface area contributed by atoms with Gasteiger partial charge in [0.05, 0.1) is 0 Å². The predicted molar refractivity (Wildman–Crippen MR) is 100 cm³/mol. The fourth-order valence-corrected chi connectivity index (χ4v) is 3.26. The number of carbonyl (C=O) groups excluding carboxylic acids is 1. The number of nitrogens with zero attached hydrogens (tertiary/aromatic N) is 6. The summed E-state index contributed by atoms with van der Waals surface area (Å²) in [4.78, 5) is 23.8. The number of nitrogens with one attached hydrogen (secondary N) is 1. The summed E-state index contributed by atoms with van der Waals surface area (Å²) in [5.41, 5.74) is -0.488. The highest BCUT2D eigenvalue weighted by Gasteiger charge is 2.27. The maximum absolute atomic E-state index is 12.1. The van der Waals surface area contributed by atoms with Crippen molar-refractivity contribution in [3.8, 4) is 0 Å². The number of carbonyl (C=O) groups is 1. The molecule has 0 aromatic carbocycles. The van der Waals surface area contributed by atoms with Crippen molar-refractivity contribution in [1.82, 2.24) is 25.1 Å². The molecule has 26 heavy (non-hydrogen) atoms. The predicted octanol–water partition coefficient (Wildman–Crippen LogP) is 2.78. The number of amides is 1. The minimum atomic E-state index is -0.488. The lowest BCUT2D eigenvalue weighted by molar-refractivity contribution is 0.0240. The van der Waals surface area contributed by atoms with Gasteiger partial charge in [-0.05, 0) is 20.8 Å². The average Bonchev–Trinajstić information content (AvgIpc) is 3.02. The molecule has 0 unspecified atom stereocenters. The molecule has 1 aliphatic heterocycles. The maximum Gasteiger partial charge on any atom is 0.410 e. The molecule has 1 aliphatic rings. The highest BCUT2D eigenvalue weighted by molar-refractivity contribution is 7.19. The SMILES string of the molecule is CC(C)(C)OC(=O)N1CCN(c2nnc(Nc3cc(Cl)ncn3)s2)CC1. The quantitative estimate of drug-likeness (QED) is 0.789. The number of ether oxygens (including phenoxy) is 1. The van der Waals surface area contributed by atoms with E-state index in [9.17, 15) is 4.79 Å². The van der Waals surface area contributed by atoms with Crippen LogP contribution in [0.15, 0.2) is 12.4 Å². The van der Waals surface area contributed by atoms with Gasteiger partial charge in [-0.15, -0.1) is 10.2 Å². The van der Waals surface area contributed by atoms with Gasteiger partial charge in [-0.3, -0.25) is 0 Å². The molecule has 140 valence electrons. The minimum absolute atomic E-state index is 0.280. The highest BCUT2D eigenvalue weighted by Crippen LogP contribution is 2.27. The standard InChI is InChI=1S/C15H20ClN7O2S/c1-15(2,3)25-14(24)23-6-4-22(5-7-23)13-21-20-12(26-13)19-11-8-10(16)17-9-18-11/h8-9H,4-7H2,1-3H3,(H,17,18,19,20). The Morgan fingerprint density at radius 1 is 1.23 bits per heavy atom. The normalized spacial score (nSPS) is 15.1. The first kappa shape index (κ1) is 18.6. The molecule has 3 rings (SSSR count). The summed E-state index contributed by atoms with van der Waals surface area (Å²) >= 11 is 7.26. The zero-order valence-electron chi connectivity index (χ0n) is 14.8. The first-order valence-electron chi connectivity index (χ1n) is 8.11. The van der Waals surface area contributed by atoms with E-state index in [1.54, 1.807) is 11.0 Å². The van der Waals surface area contributed by atoms with Crippen LogP contribution in [-0.2, 0) is 4.74 Å². The Labute approximate surface area is 160 Å². The molecule has 3 heterocycles. The van der Waals surface area contributed by atoms with Crippen molar-refractivity contribution in [3.05, 3.63) is 17.5 Å². The first-order valence-corrected chi connectivity index (χ1v) is 9.30. The van der Waals surface area contributed by atoms with Crippen LogP contribution in [0.3, 0.4) is 0 Å². The number of rotatable bonds is 3. The van der Waals surface area contributed by atoms with Crippen molar-refractivity contribution in [1.29, 1.82) is 0 Å². The summed E-state index contributed by atoms with van der Waals surface area (Å²) in [7, 11) is 0. The molecular weight excluding hydrogens is 378 g/mol. The lowest BCUT2D eigenvalue weighted by Gasteiger charge is -2.35. The molecule has 0 atom stereocenters. The molecule has 0 saturated carbocycles. The third-order valence-electron chi connectivity index (χ3n) is 3.48. The summed E-state index contributed by atoms with van der Waals surface area (Å²) in [5, 5.41) is 13.1. The molecule has 1 saturated heterocycles. The molecule has 1 fully saturated rings. The Hall–Kier alpha value is -2.20. The second kappa shape index (κ2) is 7.58. The van der Waals surface area contributed by atoms with Gasteiger partial charge in [0.2, 0.25) is 10.3 Å². The van der Waals surface area contributed by atoms with E-state index < -0.39 is 5.60 Å². The second-order valence-electron chi connectivity index (χ2n) is 6.70. The van der Waals surface area contributed by atoms with Crippen molar-refractivity contribution in [2.75, 3.05) is 36.4 Å². The third-order valence-corrected chi connectivity index (χ3v) is 4.59. The Morgan fingerprint density at radius 3 is 2.62 bits per heavy atom. The van der Waals surface area contributed by atoms with Crippen molar-refractivity contribution < 1.29 is 9.53 Å². The molecule has 0 spiro atoms. The van der Waals surface area contributed by atoms with Crippen LogP contribution in [0, 0.1) is 0 Å². The number of halogens is 1. The molecule has 2 aromatic heterocycles. The second-order valence-corrected chi connectivity index (χ2v) is 8.04. The molecule has 9 nitrogen and oxygen atoms in total. The minimum Gasteiger partial charge on any atom is -0.444 e. The average molecular weight is 398 g/mol. The summed E-state index contributed by atoms with van der Waals surface area (Å²) in [6.45, 7) is 8.10. The largest absolute Gasteiger partial charge is 0.444 e. The molecule has 1 amide bonds. The Morgan fingerprint density at radius 2 is 1.96 bits per heavy atom. The van der Waals surface area contributed by atoms with Crippen LogP contribution in [-0.4, -0.2) is 62.9 Å². The van der Waals surface area contributed by atoms with Crippen LogP contribution in [0.2, 0.25) is 5.15 Å². The third kappa shape index (κ3) is 4.92. The van der Waals surface area contributed by atoms with Gasteiger partial charge in [0.1, 0.15) is 22.9 Å². The van der Waals surface area contributed by atoms with E-state index in [1.165, 1.54) is 17.7 Å². The van der Waals surface area contributed by atoms with Crippen molar-refractivity contribution in [2.45, 2.75) is 26.4 Å². The van der Waals surface area contributed by atoms with Gasteiger partial charge in [0, 0.05) is 32.2 Å². The van der Waals surface area contributed by atoms with E-state index in [1.807, 2.05) is 20.8 Å². The van der Waals surface area contributed by atoms with Gasteiger partial charge in [-0.25, -0.2) is 14.8 Å². The molecule has 0 aliphatic carbocycles. The lowest BCUT2D eigenvalue weighted by atomic mass is 10.2. The van der Waals surface area contributed by atoms with Crippen molar-refractivity contribution in [3.63, 3.8) is 0 Å². The van der Waals surface area contributed by atoms with Crippen LogP contribution >= 0.6 is 22.9 Å². The Balaban J connectivity index is 1.55. The van der Waals surface area contributed by atoms with E-state index >= 15 is 0 Å². The van der Waals surface area contributed by atoms with Gasteiger partial charge in [0.15, 0.2) is 0 Å². The van der Waals surface area contributed by atoms with Gasteiger partial charge in [0.25, 0.3) is 0 Å². The lowest BCUT2D eigenvalue weighted by Crippen LogP contribution is -2.50. The number of piperazine rings is 1. The van der Waals surface area contributed by atoms with Crippen LogP contribution in [0.1, 0.15) is 20.8 Å². The van der Waals surface area contributed by atoms with E-state index in [4.69, 9.17) is 16.3 Å². The van der Waals surface area contributed by atoms with Gasteiger partial charge < -0.3 is 19.9 Å². The Bertz CT molecular complexity index is 771. The van der Waals surface area contributed by atoms with Gasteiger partial charge >= 0.3 is 6.09 Å². The van der Waals surface area contributed by atoms with Crippen molar-refractivity contribution >= 4 is 45.1 Å². The number of anilines is 3. The summed E-state index contributed by atoms with van der Waals surface area (Å²) < 4.78 is 5.41. The smallest absolute Gasteiger partial charge is 0.410 e. The first-order chi connectivity index (χ1) is 12.3. The van der Waals surface area contributed by atoms with E-state index in [2.05, 4.69) is 30.4 Å². The molecule has 0 radical (unpaired) electrons. The topological polar surface area (TPSA) is 96.4 Å². The molecule has 0 bridgehead atoms. The van der Waals surface area contributed by atoms with Crippen LogP contribution in [0.4, 0.5) is 20.9 Å². The van der Waals surface area contributed by atoms with Crippen LogP contribution in [0.5, 0.6) is 0 Å². The summed E-state index contributed by atoms with van der Waals surface area (Å²) in [5.74, 6) is 0.558. The molecule has 1 N–H and O–H groups in total. The van der Waals surface area contributed by atoms with E-state index in [0.717, 1.165) is 5.13 Å². The van der Waals surface area contributed by atoms with Crippen LogP contribution < -0.4 is 10.2 Å². The maximum atomic E-state index is 12.1. The van der Waals surface area contributed by atoms with E-state index in [0.29, 0.717) is 42.3 Å². The van der Waals surface area contributed by atoms with Gasteiger partial charge in [-0.1, -0.05) is 22.9 Å². The fourth-order valence-electron chi connectivity index (χ4n) is 2.31. The summed E-state index contributed by atoms with van der Waals surface area (Å²) in [6.07, 6.45) is 1.10. The molecule has 2 aromatic rings. The fraction of sp³-hybridized carbons (Fsp3) is 0.533. The highest BCUT2D eigenvalue weighted by atomic mass is 35.5. The van der Waals surface area contributed by atoms with Gasteiger partial charge in [-0.2, -0.15) is 0 Å². The van der Waals surface area contributed by atoms with Crippen molar-refractivity contribution in [2.24, 2.45) is 0 Å².